The fourth-order valence-electron chi connectivity index (χ4n) is 2.24. The number of alkyl halides is 1. The van der Waals surface area contributed by atoms with Crippen LogP contribution in [0.3, 0.4) is 0 Å². The van der Waals surface area contributed by atoms with Gasteiger partial charge in [-0.25, -0.2) is 9.78 Å². The number of nitrogens with one attached hydrogen (secondary N) is 1. The van der Waals surface area contributed by atoms with Crippen LogP contribution in [0.5, 0.6) is 5.75 Å². The van der Waals surface area contributed by atoms with E-state index in [0.717, 1.165) is 37.1 Å². The minimum Gasteiger partial charge on any atom is -0.497 e. The number of benzene rings is 1. The number of pyridine rings is 1. The summed E-state index contributed by atoms with van der Waals surface area (Å²) in [6, 6.07) is 11.0. The summed E-state index contributed by atoms with van der Waals surface area (Å²) in [5, 5.41) is 3.22. The Balaban J connectivity index is 1.91. The van der Waals surface area contributed by atoms with Gasteiger partial charge in [-0.3, -0.25) is 0 Å². The van der Waals surface area contributed by atoms with Gasteiger partial charge in [-0.05, 0) is 58.6 Å². The number of rotatable bonds is 10. The average Bonchev–Trinajstić information content (AvgIpc) is 2.67. The molecule has 0 saturated heterocycles. The molecule has 0 atom stereocenters. The van der Waals surface area contributed by atoms with Crippen molar-refractivity contribution in [3.63, 3.8) is 0 Å². The van der Waals surface area contributed by atoms with Crippen LogP contribution in [0.4, 0.5) is 5.82 Å². The number of carbonyl (C=O) groups excluding carboxylic acids is 1. The van der Waals surface area contributed by atoms with Crippen molar-refractivity contribution in [1.29, 1.82) is 0 Å². The summed E-state index contributed by atoms with van der Waals surface area (Å²) in [5.74, 6) is 1.61. The number of esters is 1. The van der Waals surface area contributed by atoms with Gasteiger partial charge in [-0.15, -0.1) is 11.6 Å². The molecule has 7 heteroatoms. The van der Waals surface area contributed by atoms with E-state index in [1.165, 1.54) is 0 Å². The second kappa shape index (κ2) is 11.0. The van der Waals surface area contributed by atoms with Gasteiger partial charge in [0.1, 0.15) is 18.2 Å². The number of hydrogen-bond donors (Lipinski definition) is 1. The summed E-state index contributed by atoms with van der Waals surface area (Å²) >= 11 is 9.02. The SMILES string of the molecule is COc1ccc(COC(=O)c2nc(NCCCCCCl)ccc2Br)cc1. The molecule has 140 valence electrons. The van der Waals surface area contributed by atoms with E-state index >= 15 is 0 Å². The average molecular weight is 442 g/mol. The van der Waals surface area contributed by atoms with E-state index in [2.05, 4.69) is 26.2 Å². The Morgan fingerprint density at radius 3 is 2.62 bits per heavy atom. The lowest BCUT2D eigenvalue weighted by Crippen LogP contribution is -2.11. The second-order valence-corrected chi connectivity index (χ2v) is 6.86. The second-order valence-electron chi connectivity index (χ2n) is 5.63. The maximum absolute atomic E-state index is 12.3. The highest BCUT2D eigenvalue weighted by molar-refractivity contribution is 9.10. The molecule has 1 heterocycles. The molecule has 5 nitrogen and oxygen atoms in total. The van der Waals surface area contributed by atoms with E-state index in [0.29, 0.717) is 16.2 Å². The largest absolute Gasteiger partial charge is 0.497 e. The lowest BCUT2D eigenvalue weighted by atomic mass is 10.2. The number of methoxy groups -OCH3 is 1. The fourth-order valence-corrected chi connectivity index (χ4v) is 2.81. The number of ether oxygens (including phenoxy) is 2. The van der Waals surface area contributed by atoms with Gasteiger partial charge in [-0.2, -0.15) is 0 Å². The van der Waals surface area contributed by atoms with Crippen LogP contribution in [-0.4, -0.2) is 30.5 Å². The Morgan fingerprint density at radius 2 is 1.92 bits per heavy atom. The Morgan fingerprint density at radius 1 is 1.15 bits per heavy atom. The van der Waals surface area contributed by atoms with Crippen molar-refractivity contribution < 1.29 is 14.3 Å². The summed E-state index contributed by atoms with van der Waals surface area (Å²) in [5.41, 5.74) is 1.13. The van der Waals surface area contributed by atoms with E-state index < -0.39 is 5.97 Å². The van der Waals surface area contributed by atoms with Crippen molar-refractivity contribution in [3.05, 3.63) is 52.1 Å². The number of halogens is 2. The fraction of sp³-hybridized carbons (Fsp3) is 0.368. The first-order valence-corrected chi connectivity index (χ1v) is 9.73. The molecule has 0 saturated carbocycles. The first-order valence-electron chi connectivity index (χ1n) is 8.40. The molecular weight excluding hydrogens is 420 g/mol. The van der Waals surface area contributed by atoms with Crippen molar-refractivity contribution in [2.24, 2.45) is 0 Å². The first-order chi connectivity index (χ1) is 12.6. The van der Waals surface area contributed by atoms with E-state index in [4.69, 9.17) is 21.1 Å². The zero-order valence-electron chi connectivity index (χ0n) is 14.6. The smallest absolute Gasteiger partial charge is 0.358 e. The molecule has 2 aromatic rings. The summed E-state index contributed by atoms with van der Waals surface area (Å²) in [6.45, 7) is 0.957. The molecule has 0 amide bonds. The normalized spacial score (nSPS) is 10.4. The van der Waals surface area contributed by atoms with Gasteiger partial charge in [0.25, 0.3) is 0 Å². The topological polar surface area (TPSA) is 60.5 Å². The molecule has 26 heavy (non-hydrogen) atoms. The Bertz CT molecular complexity index is 710. The third kappa shape index (κ3) is 6.50. The molecule has 0 aliphatic heterocycles. The minimum atomic E-state index is -0.474. The van der Waals surface area contributed by atoms with Crippen LogP contribution in [0, 0.1) is 0 Å². The summed E-state index contributed by atoms with van der Waals surface area (Å²) in [7, 11) is 1.61. The predicted molar refractivity (Wildman–Crippen MR) is 107 cm³/mol. The third-order valence-corrected chi connectivity index (χ3v) is 4.59. The molecule has 1 aromatic carbocycles. The van der Waals surface area contributed by atoms with E-state index in [1.54, 1.807) is 13.2 Å². The molecule has 0 bridgehead atoms. The van der Waals surface area contributed by atoms with Gasteiger partial charge in [0.15, 0.2) is 5.69 Å². The number of anilines is 1. The highest BCUT2D eigenvalue weighted by atomic mass is 79.9. The third-order valence-electron chi connectivity index (χ3n) is 3.68. The number of carbonyl (C=O) groups is 1. The molecule has 0 fully saturated rings. The van der Waals surface area contributed by atoms with Crippen molar-refractivity contribution >= 4 is 39.3 Å². The zero-order chi connectivity index (χ0) is 18.8. The number of unbranched alkanes of at least 4 members (excludes halogenated alkanes) is 2. The van der Waals surface area contributed by atoms with Crippen LogP contribution < -0.4 is 10.1 Å². The van der Waals surface area contributed by atoms with Crippen molar-refractivity contribution in [2.45, 2.75) is 25.9 Å². The van der Waals surface area contributed by atoms with Crippen LogP contribution in [-0.2, 0) is 11.3 Å². The van der Waals surface area contributed by atoms with E-state index in [1.807, 2.05) is 30.3 Å². The molecule has 1 N–H and O–H groups in total. The monoisotopic (exact) mass is 440 g/mol. The number of nitrogens with zero attached hydrogens (tertiary/aromatic N) is 1. The minimum absolute atomic E-state index is 0.174. The van der Waals surface area contributed by atoms with Gasteiger partial charge in [-0.1, -0.05) is 18.6 Å². The Kier molecular flexibility index (Phi) is 8.71. The highest BCUT2D eigenvalue weighted by Crippen LogP contribution is 2.19. The van der Waals surface area contributed by atoms with Gasteiger partial charge in [0.05, 0.1) is 11.6 Å². The summed E-state index contributed by atoms with van der Waals surface area (Å²) < 4.78 is 11.1. The van der Waals surface area contributed by atoms with Gasteiger partial charge < -0.3 is 14.8 Å². The Hall–Kier alpha value is -1.79. The maximum atomic E-state index is 12.3. The zero-order valence-corrected chi connectivity index (χ0v) is 17.0. The van der Waals surface area contributed by atoms with Gasteiger partial charge in [0.2, 0.25) is 0 Å². The molecule has 1 aromatic heterocycles. The lowest BCUT2D eigenvalue weighted by Gasteiger charge is -2.10. The van der Waals surface area contributed by atoms with Crippen LogP contribution in [0.1, 0.15) is 35.3 Å². The molecule has 0 spiro atoms. The van der Waals surface area contributed by atoms with Crippen molar-refractivity contribution in [1.82, 2.24) is 4.98 Å². The van der Waals surface area contributed by atoms with Gasteiger partial charge in [0, 0.05) is 12.4 Å². The summed E-state index contributed by atoms with van der Waals surface area (Å²) in [6.07, 6.45) is 3.06. The molecule has 0 aliphatic rings. The van der Waals surface area contributed by atoms with Crippen molar-refractivity contribution in [2.75, 3.05) is 24.9 Å². The van der Waals surface area contributed by atoms with Crippen LogP contribution in [0.15, 0.2) is 40.9 Å². The quantitative estimate of drug-likeness (QED) is 0.318. The lowest BCUT2D eigenvalue weighted by molar-refractivity contribution is 0.0464. The highest BCUT2D eigenvalue weighted by Gasteiger charge is 2.15. The number of hydrogen-bond acceptors (Lipinski definition) is 5. The first kappa shape index (κ1) is 20.5. The number of aromatic nitrogens is 1. The molecule has 2 rings (SSSR count). The van der Waals surface area contributed by atoms with E-state index in [-0.39, 0.29) is 12.3 Å². The standard InChI is InChI=1S/C19H22BrClN2O3/c1-25-15-7-5-14(6-8-15)13-26-19(24)18-16(20)9-10-17(23-18)22-12-4-2-3-11-21/h5-10H,2-4,11-13H2,1H3,(H,22,23). The summed E-state index contributed by atoms with van der Waals surface area (Å²) in [4.78, 5) is 16.7. The maximum Gasteiger partial charge on any atom is 0.358 e. The van der Waals surface area contributed by atoms with E-state index in [9.17, 15) is 4.79 Å². The molecule has 0 unspecified atom stereocenters. The van der Waals surface area contributed by atoms with Crippen LogP contribution in [0.2, 0.25) is 0 Å². The molecule has 0 aliphatic carbocycles. The molecule has 0 radical (unpaired) electrons. The predicted octanol–water partition coefficient (Wildman–Crippen LogP) is 5.03. The Labute approximate surface area is 167 Å². The van der Waals surface area contributed by atoms with Crippen molar-refractivity contribution in [3.8, 4) is 5.75 Å². The van der Waals surface area contributed by atoms with Crippen LogP contribution >= 0.6 is 27.5 Å². The molecular formula is C19H22BrClN2O3. The van der Waals surface area contributed by atoms with Gasteiger partial charge >= 0.3 is 5.97 Å². The van der Waals surface area contributed by atoms with Crippen LogP contribution in [0.25, 0.3) is 0 Å².